The number of hydrogen-bond acceptors (Lipinski definition) is 2. The Morgan fingerprint density at radius 1 is 1.50 bits per heavy atom. The van der Waals surface area contributed by atoms with Crippen LogP contribution in [0.15, 0.2) is 11.6 Å². The van der Waals surface area contributed by atoms with Crippen molar-refractivity contribution in [2.45, 2.75) is 38.2 Å². The molecule has 0 spiro atoms. The van der Waals surface area contributed by atoms with E-state index in [0.717, 1.165) is 38.1 Å². The van der Waals surface area contributed by atoms with Crippen LogP contribution in [-0.4, -0.2) is 23.8 Å². The molecular formula is C11H20ClNO. The quantitative estimate of drug-likeness (QED) is 0.709. The normalized spacial score (nSPS) is 33.8. The maximum atomic E-state index is 10.2. The van der Waals surface area contributed by atoms with Crippen molar-refractivity contribution < 1.29 is 5.11 Å². The van der Waals surface area contributed by atoms with Crippen LogP contribution in [-0.2, 0) is 0 Å². The first-order valence-electron chi connectivity index (χ1n) is 5.35. The average Bonchev–Trinajstić information content (AvgIpc) is 2.18. The lowest BCUT2D eigenvalue weighted by atomic mass is 9.79. The third-order valence-electron chi connectivity index (χ3n) is 3.01. The molecule has 0 aromatic carbocycles. The first-order chi connectivity index (χ1) is 6.66. The molecule has 0 amide bonds. The van der Waals surface area contributed by atoms with Gasteiger partial charge in [-0.3, -0.25) is 0 Å². The van der Waals surface area contributed by atoms with Crippen molar-refractivity contribution in [3.05, 3.63) is 11.6 Å². The fraction of sp³-hybridized carbons (Fsp3) is 0.818. The lowest BCUT2D eigenvalue weighted by Gasteiger charge is -2.35. The molecule has 0 unspecified atom stereocenters. The molecule has 3 heteroatoms. The van der Waals surface area contributed by atoms with E-state index in [-0.39, 0.29) is 0 Å². The SMILES string of the molecule is CC1CCC(O)(CNC/C=C/Cl)CC1. The van der Waals surface area contributed by atoms with E-state index in [2.05, 4.69) is 12.2 Å². The van der Waals surface area contributed by atoms with Crippen LogP contribution in [0.1, 0.15) is 32.6 Å². The molecule has 0 aromatic heterocycles. The predicted octanol–water partition coefficient (Wildman–Crippen LogP) is 2.27. The molecule has 0 bridgehead atoms. The minimum atomic E-state index is -0.480. The summed E-state index contributed by atoms with van der Waals surface area (Å²) >= 11 is 5.39. The zero-order chi connectivity index (χ0) is 10.4. The van der Waals surface area contributed by atoms with Gasteiger partial charge in [-0.1, -0.05) is 24.6 Å². The summed E-state index contributed by atoms with van der Waals surface area (Å²) in [7, 11) is 0. The highest BCUT2D eigenvalue weighted by atomic mass is 35.5. The molecule has 0 saturated heterocycles. The van der Waals surface area contributed by atoms with Crippen LogP contribution in [0.3, 0.4) is 0 Å². The van der Waals surface area contributed by atoms with Gasteiger partial charge in [-0.25, -0.2) is 0 Å². The molecule has 1 saturated carbocycles. The topological polar surface area (TPSA) is 32.3 Å². The van der Waals surface area contributed by atoms with E-state index in [9.17, 15) is 5.11 Å². The zero-order valence-corrected chi connectivity index (χ0v) is 9.56. The van der Waals surface area contributed by atoms with Crippen molar-refractivity contribution in [3.63, 3.8) is 0 Å². The van der Waals surface area contributed by atoms with Crippen LogP contribution < -0.4 is 5.32 Å². The second-order valence-corrected chi connectivity index (χ2v) is 4.65. The fourth-order valence-electron chi connectivity index (χ4n) is 1.91. The lowest BCUT2D eigenvalue weighted by molar-refractivity contribution is -0.00530. The van der Waals surface area contributed by atoms with E-state index in [0.29, 0.717) is 6.54 Å². The van der Waals surface area contributed by atoms with Crippen molar-refractivity contribution in [2.24, 2.45) is 5.92 Å². The number of hydrogen-bond donors (Lipinski definition) is 2. The monoisotopic (exact) mass is 217 g/mol. The summed E-state index contributed by atoms with van der Waals surface area (Å²) in [6.07, 6.45) is 5.97. The van der Waals surface area contributed by atoms with Gasteiger partial charge in [0, 0.05) is 18.6 Å². The van der Waals surface area contributed by atoms with Gasteiger partial charge in [0.2, 0.25) is 0 Å². The van der Waals surface area contributed by atoms with E-state index < -0.39 is 5.60 Å². The molecule has 2 nitrogen and oxygen atoms in total. The van der Waals surface area contributed by atoms with E-state index in [1.165, 1.54) is 5.54 Å². The second-order valence-electron chi connectivity index (χ2n) is 4.40. The minimum absolute atomic E-state index is 0.480. The molecule has 0 aromatic rings. The maximum absolute atomic E-state index is 10.2. The highest BCUT2D eigenvalue weighted by Crippen LogP contribution is 2.31. The summed E-state index contributed by atoms with van der Waals surface area (Å²) in [5, 5.41) is 13.4. The van der Waals surface area contributed by atoms with Crippen molar-refractivity contribution in [3.8, 4) is 0 Å². The Balaban J connectivity index is 2.21. The average molecular weight is 218 g/mol. The van der Waals surface area contributed by atoms with Crippen LogP contribution in [0.5, 0.6) is 0 Å². The number of rotatable bonds is 4. The van der Waals surface area contributed by atoms with Crippen molar-refractivity contribution >= 4 is 11.6 Å². The minimum Gasteiger partial charge on any atom is -0.389 e. The number of aliphatic hydroxyl groups is 1. The number of nitrogens with one attached hydrogen (secondary N) is 1. The van der Waals surface area contributed by atoms with Crippen molar-refractivity contribution in [1.29, 1.82) is 0 Å². The van der Waals surface area contributed by atoms with Gasteiger partial charge in [-0.15, -0.1) is 0 Å². The smallest absolute Gasteiger partial charge is 0.0771 e. The second kappa shape index (κ2) is 5.74. The van der Waals surface area contributed by atoms with Gasteiger partial charge < -0.3 is 10.4 Å². The summed E-state index contributed by atoms with van der Waals surface area (Å²) in [5.41, 5.74) is 1.02. The van der Waals surface area contributed by atoms with Gasteiger partial charge in [0.15, 0.2) is 0 Å². The molecule has 1 fully saturated rings. The van der Waals surface area contributed by atoms with Crippen molar-refractivity contribution in [1.82, 2.24) is 5.32 Å². The summed E-state index contributed by atoms with van der Waals surface area (Å²) in [5.74, 6) is 0.776. The molecule has 0 aliphatic heterocycles. The molecule has 2 N–H and O–H groups in total. The molecule has 1 aliphatic rings. The van der Waals surface area contributed by atoms with E-state index in [1.54, 1.807) is 0 Å². The van der Waals surface area contributed by atoms with Crippen LogP contribution in [0.4, 0.5) is 0 Å². The first-order valence-corrected chi connectivity index (χ1v) is 5.78. The first kappa shape index (κ1) is 12.0. The van der Waals surface area contributed by atoms with Crippen LogP contribution in [0.25, 0.3) is 0 Å². The van der Waals surface area contributed by atoms with Gasteiger partial charge in [0.1, 0.15) is 0 Å². The van der Waals surface area contributed by atoms with Crippen LogP contribution >= 0.6 is 11.6 Å². The Labute approximate surface area is 91.3 Å². The molecule has 1 rings (SSSR count). The van der Waals surface area contributed by atoms with Gasteiger partial charge in [0.05, 0.1) is 5.60 Å². The standard InChI is InChI=1S/C11H20ClNO/c1-10-3-5-11(14,6-4-10)9-13-8-2-7-12/h2,7,10,13-14H,3-6,8-9H2,1H3/b7-2+. The fourth-order valence-corrected chi connectivity index (χ4v) is 2.00. The van der Waals surface area contributed by atoms with Gasteiger partial charge in [-0.2, -0.15) is 0 Å². The highest BCUT2D eigenvalue weighted by Gasteiger charge is 2.30. The third-order valence-corrected chi connectivity index (χ3v) is 3.19. The van der Waals surface area contributed by atoms with Crippen molar-refractivity contribution in [2.75, 3.05) is 13.1 Å². The molecule has 14 heavy (non-hydrogen) atoms. The molecule has 0 heterocycles. The molecule has 0 atom stereocenters. The predicted molar refractivity (Wildman–Crippen MR) is 60.4 cm³/mol. The molecular weight excluding hydrogens is 198 g/mol. The Bertz CT molecular complexity index is 186. The zero-order valence-electron chi connectivity index (χ0n) is 8.80. The van der Waals surface area contributed by atoms with Gasteiger partial charge in [0.25, 0.3) is 0 Å². The van der Waals surface area contributed by atoms with E-state index in [1.807, 2.05) is 6.08 Å². The summed E-state index contributed by atoms with van der Waals surface area (Å²) in [6, 6.07) is 0. The Morgan fingerprint density at radius 2 is 2.14 bits per heavy atom. The summed E-state index contributed by atoms with van der Waals surface area (Å²) in [6.45, 7) is 3.67. The maximum Gasteiger partial charge on any atom is 0.0771 e. The largest absolute Gasteiger partial charge is 0.389 e. The van der Waals surface area contributed by atoms with Gasteiger partial charge in [-0.05, 0) is 31.6 Å². The molecule has 0 radical (unpaired) electrons. The lowest BCUT2D eigenvalue weighted by Crippen LogP contribution is -2.43. The summed E-state index contributed by atoms with van der Waals surface area (Å²) < 4.78 is 0. The molecule has 1 aliphatic carbocycles. The van der Waals surface area contributed by atoms with E-state index in [4.69, 9.17) is 11.6 Å². The van der Waals surface area contributed by atoms with Gasteiger partial charge >= 0.3 is 0 Å². The van der Waals surface area contributed by atoms with Crippen LogP contribution in [0.2, 0.25) is 0 Å². The van der Waals surface area contributed by atoms with E-state index >= 15 is 0 Å². The Hall–Kier alpha value is -0.0500. The van der Waals surface area contributed by atoms with Crippen LogP contribution in [0, 0.1) is 5.92 Å². The molecule has 82 valence electrons. The Morgan fingerprint density at radius 3 is 2.71 bits per heavy atom. The Kier molecular flexibility index (Phi) is 4.93. The third kappa shape index (κ3) is 3.99. The highest BCUT2D eigenvalue weighted by molar-refractivity contribution is 6.25. The number of halogens is 1. The summed E-state index contributed by atoms with van der Waals surface area (Å²) in [4.78, 5) is 0.